The highest BCUT2D eigenvalue weighted by atomic mass is 16.7. The van der Waals surface area contributed by atoms with Gasteiger partial charge >= 0.3 is 5.97 Å². The van der Waals surface area contributed by atoms with Crippen LogP contribution in [0.2, 0.25) is 0 Å². The average Bonchev–Trinajstić information content (AvgIpc) is 3.69. The van der Waals surface area contributed by atoms with E-state index in [1.165, 1.54) is 28.3 Å². The third-order valence-electron chi connectivity index (χ3n) is 7.68. The van der Waals surface area contributed by atoms with Gasteiger partial charge in [0.1, 0.15) is 5.69 Å². The average molecular weight is 636 g/mol. The van der Waals surface area contributed by atoms with Crippen LogP contribution in [0.1, 0.15) is 28.4 Å². The van der Waals surface area contributed by atoms with Crippen molar-refractivity contribution in [3.8, 4) is 62.7 Å². The number of rotatable bonds is 9. The van der Waals surface area contributed by atoms with Gasteiger partial charge in [0.15, 0.2) is 23.0 Å². The molecule has 6 rings (SSSR count). The molecular formula is C36H33N3O8. The fourth-order valence-electron chi connectivity index (χ4n) is 5.39. The lowest BCUT2D eigenvalue weighted by atomic mass is 10.00. The van der Waals surface area contributed by atoms with Gasteiger partial charge in [0.05, 0.1) is 32.6 Å². The van der Waals surface area contributed by atoms with Crippen LogP contribution in [0.4, 0.5) is 5.69 Å². The van der Waals surface area contributed by atoms with Gasteiger partial charge in [0.2, 0.25) is 18.4 Å². The Balaban J connectivity index is 1.49. The molecule has 1 aliphatic rings. The molecular weight excluding hydrogens is 602 g/mol. The Hall–Kier alpha value is -5.97. The molecule has 11 heteroatoms. The summed E-state index contributed by atoms with van der Waals surface area (Å²) in [6, 6.07) is 21.8. The number of anilines is 1. The molecule has 0 atom stereocenters. The van der Waals surface area contributed by atoms with Crippen LogP contribution in [0, 0.1) is 13.8 Å². The van der Waals surface area contributed by atoms with Crippen LogP contribution in [0.15, 0.2) is 72.8 Å². The lowest BCUT2D eigenvalue weighted by Gasteiger charge is -2.14. The molecule has 0 radical (unpaired) electrons. The minimum Gasteiger partial charge on any atom is -0.493 e. The standard InChI is InChI=1S/C36H33N3O8/c1-20-7-8-21(2)27(15-20)39-36(47-22(3)40)32(33(38-39)25-17-30(42-4)34(44-6)31(18-25)43-5)23-9-12-26(13-10-23)37-35(41)24-11-14-28-29(16-24)46-19-45-28/h7-18H,19H2,1-6H3,(H,37,41). The normalized spacial score (nSPS) is 11.6. The first-order valence-electron chi connectivity index (χ1n) is 14.7. The monoisotopic (exact) mass is 635 g/mol. The van der Waals surface area contributed by atoms with Crippen molar-refractivity contribution in [3.05, 3.63) is 89.5 Å². The highest BCUT2D eigenvalue weighted by molar-refractivity contribution is 6.05. The van der Waals surface area contributed by atoms with E-state index in [2.05, 4.69) is 5.32 Å². The fourth-order valence-corrected chi connectivity index (χ4v) is 5.39. The molecule has 0 bridgehead atoms. The third-order valence-corrected chi connectivity index (χ3v) is 7.68. The summed E-state index contributed by atoms with van der Waals surface area (Å²) in [4.78, 5) is 25.6. The van der Waals surface area contributed by atoms with Crippen molar-refractivity contribution in [2.24, 2.45) is 0 Å². The number of ether oxygens (including phenoxy) is 6. The topological polar surface area (TPSA) is 119 Å². The first kappa shape index (κ1) is 31.0. The number of fused-ring (bicyclic) bond motifs is 1. The van der Waals surface area contributed by atoms with Crippen molar-refractivity contribution < 1.29 is 38.0 Å². The van der Waals surface area contributed by atoms with Crippen molar-refractivity contribution in [1.29, 1.82) is 0 Å². The molecule has 0 fully saturated rings. The molecule has 0 saturated heterocycles. The molecule has 1 N–H and O–H groups in total. The lowest BCUT2D eigenvalue weighted by Crippen LogP contribution is -2.11. The Bertz CT molecular complexity index is 1970. The molecule has 1 amide bonds. The number of hydrogen-bond donors (Lipinski definition) is 1. The van der Waals surface area contributed by atoms with E-state index in [9.17, 15) is 9.59 Å². The number of methoxy groups -OCH3 is 3. The number of carbonyl (C=O) groups is 2. The largest absolute Gasteiger partial charge is 0.493 e. The maximum absolute atomic E-state index is 13.1. The zero-order valence-electron chi connectivity index (χ0n) is 26.8. The molecule has 1 aromatic heterocycles. The van der Waals surface area contributed by atoms with Crippen LogP contribution in [0.25, 0.3) is 28.1 Å². The molecule has 0 aliphatic carbocycles. The SMILES string of the molecule is COc1cc(-c2nn(-c3cc(C)ccc3C)c(OC(C)=O)c2-c2ccc(NC(=O)c3ccc4c(c3)OCO4)cc2)cc(OC)c1OC. The van der Waals surface area contributed by atoms with Gasteiger partial charge in [-0.3, -0.25) is 9.59 Å². The van der Waals surface area contributed by atoms with Crippen LogP contribution in [-0.2, 0) is 4.79 Å². The second-order valence-corrected chi connectivity index (χ2v) is 10.8. The summed E-state index contributed by atoms with van der Waals surface area (Å²) in [7, 11) is 4.61. The van der Waals surface area contributed by atoms with Crippen molar-refractivity contribution in [3.63, 3.8) is 0 Å². The van der Waals surface area contributed by atoms with E-state index in [1.54, 1.807) is 47.1 Å². The van der Waals surface area contributed by atoms with E-state index in [0.717, 1.165) is 16.8 Å². The zero-order chi connectivity index (χ0) is 33.2. The molecule has 1 aliphatic heterocycles. The second kappa shape index (κ2) is 12.8. The summed E-state index contributed by atoms with van der Waals surface area (Å²) in [5.74, 6) is 1.82. The number of esters is 1. The number of benzene rings is 4. The Morgan fingerprint density at radius 2 is 1.51 bits per heavy atom. The van der Waals surface area contributed by atoms with Gasteiger partial charge < -0.3 is 33.7 Å². The number of aromatic nitrogens is 2. The number of carbonyl (C=O) groups excluding carboxylic acids is 2. The number of amides is 1. The maximum Gasteiger partial charge on any atom is 0.309 e. The van der Waals surface area contributed by atoms with Crippen LogP contribution in [-0.4, -0.2) is 49.8 Å². The first-order chi connectivity index (χ1) is 22.7. The lowest BCUT2D eigenvalue weighted by molar-refractivity contribution is -0.132. The Morgan fingerprint density at radius 1 is 0.809 bits per heavy atom. The molecule has 0 unspecified atom stereocenters. The van der Waals surface area contributed by atoms with Gasteiger partial charge in [0, 0.05) is 23.7 Å². The molecule has 0 spiro atoms. The van der Waals surface area contributed by atoms with E-state index in [4.69, 9.17) is 33.5 Å². The smallest absolute Gasteiger partial charge is 0.309 e. The highest BCUT2D eigenvalue weighted by Crippen LogP contribution is 2.46. The molecule has 11 nitrogen and oxygen atoms in total. The molecule has 4 aromatic carbocycles. The summed E-state index contributed by atoms with van der Waals surface area (Å²) in [5, 5.41) is 7.94. The highest BCUT2D eigenvalue weighted by Gasteiger charge is 2.27. The second-order valence-electron chi connectivity index (χ2n) is 10.8. The Labute approximate surface area is 271 Å². The van der Waals surface area contributed by atoms with Gasteiger partial charge in [-0.1, -0.05) is 24.3 Å². The van der Waals surface area contributed by atoms with Crippen LogP contribution < -0.4 is 33.7 Å². The van der Waals surface area contributed by atoms with E-state index >= 15 is 0 Å². The first-order valence-corrected chi connectivity index (χ1v) is 14.7. The maximum atomic E-state index is 13.1. The summed E-state index contributed by atoms with van der Waals surface area (Å²) in [6.07, 6.45) is 0. The molecule has 0 saturated carbocycles. The van der Waals surface area contributed by atoms with E-state index in [1.807, 2.05) is 44.2 Å². The van der Waals surface area contributed by atoms with Gasteiger partial charge in [-0.2, -0.15) is 9.78 Å². The van der Waals surface area contributed by atoms with Crippen LogP contribution >= 0.6 is 0 Å². The molecule has 2 heterocycles. The van der Waals surface area contributed by atoms with Crippen LogP contribution in [0.3, 0.4) is 0 Å². The van der Waals surface area contributed by atoms with E-state index in [0.29, 0.717) is 62.4 Å². The van der Waals surface area contributed by atoms with E-state index < -0.39 is 5.97 Å². The van der Waals surface area contributed by atoms with E-state index in [-0.39, 0.29) is 18.6 Å². The van der Waals surface area contributed by atoms with Gasteiger partial charge in [-0.25, -0.2) is 0 Å². The minimum atomic E-state index is -0.512. The van der Waals surface area contributed by atoms with Crippen molar-refractivity contribution in [2.75, 3.05) is 33.4 Å². The minimum absolute atomic E-state index is 0.120. The van der Waals surface area contributed by atoms with Crippen LogP contribution in [0.5, 0.6) is 34.6 Å². The molecule has 5 aromatic rings. The van der Waals surface area contributed by atoms with Crippen molar-refractivity contribution in [2.45, 2.75) is 20.8 Å². The predicted octanol–water partition coefficient (Wildman–Crippen LogP) is 6.76. The third kappa shape index (κ3) is 6.02. The number of nitrogens with one attached hydrogen (secondary N) is 1. The quantitative estimate of drug-likeness (QED) is 0.175. The van der Waals surface area contributed by atoms with Gasteiger partial charge in [0.25, 0.3) is 5.91 Å². The number of nitrogens with zero attached hydrogens (tertiary/aromatic N) is 2. The van der Waals surface area contributed by atoms with Gasteiger partial charge in [-0.15, -0.1) is 0 Å². The summed E-state index contributed by atoms with van der Waals surface area (Å²) >= 11 is 0. The number of aryl methyl sites for hydroxylation is 2. The van der Waals surface area contributed by atoms with Gasteiger partial charge in [-0.05, 0) is 79.1 Å². The van der Waals surface area contributed by atoms with Crippen molar-refractivity contribution in [1.82, 2.24) is 9.78 Å². The molecule has 47 heavy (non-hydrogen) atoms. The molecule has 240 valence electrons. The summed E-state index contributed by atoms with van der Waals surface area (Å²) < 4.78 is 35.1. The van der Waals surface area contributed by atoms with Crippen molar-refractivity contribution >= 4 is 17.6 Å². The summed E-state index contributed by atoms with van der Waals surface area (Å²) in [5.41, 5.74) is 6.02. The number of hydrogen-bond acceptors (Lipinski definition) is 9. The fraction of sp³-hybridized carbons (Fsp3) is 0.194. The zero-order valence-corrected chi connectivity index (χ0v) is 26.8. The predicted molar refractivity (Wildman–Crippen MR) is 175 cm³/mol. The summed E-state index contributed by atoms with van der Waals surface area (Å²) in [6.45, 7) is 5.41. The Morgan fingerprint density at radius 3 is 2.17 bits per heavy atom. The Kier molecular flexibility index (Phi) is 8.45.